The summed E-state index contributed by atoms with van der Waals surface area (Å²) < 4.78 is 37.1. The lowest BCUT2D eigenvalue weighted by molar-refractivity contribution is -0.270. The number of nitrogens with two attached hydrogens (primary N) is 1. The fraction of sp³-hybridized carbons (Fsp3) is 0.471. The molecule has 16 rings (SSSR count). The Balaban J connectivity index is 0.967. The number of fused-ring (bicyclic) bond motifs is 15. The molecule has 0 unspecified atom stereocenters. The minimum Gasteiger partial charge on any atom is -0.508 e. The number of benzene rings is 6. The summed E-state index contributed by atoms with van der Waals surface area (Å²) in [5.41, 5.74) is 4.62. The fourth-order valence-corrected chi connectivity index (χ4v) is 18.2. The number of amides is 7. The molecule has 0 spiro atoms. The second kappa shape index (κ2) is 37.1. The SMILES string of the molecule is CC[C@H](CC(C)C)C(=O)N[C@H]1C(=O)C[C@@H](CC(=O)NC(=O)Nc2ccc(OCCOCCNC)cc2)C(=O)N[C@H]2C(=O)C[C@H]3C(=O)N[C@H](C(=O)N[C@H](C(=O)CC4C5CC6CC(C5)CC4C6)c4cc(O)cc(O)c4-c4cc3ccc4O)[C@H](O)c3ccc(c(Cl)c3)Oc3cc2cc(c3O[C@@H]2O[C@H](CN)[C@@H](O)[C@H](O)[C@H]2O)Oc2ccc(cc2Cl)[C@H]1O. The molecule has 10 aliphatic rings. The second-order valence-corrected chi connectivity index (χ2v) is 32.9. The number of likely N-dealkylation sites (N-methyl/N-ethyl adjacent to an activating group) is 1. The molecule has 6 aromatic carbocycles. The van der Waals surface area contributed by atoms with E-state index in [9.17, 15) is 55.2 Å². The Hall–Kier alpha value is -10.0. The number of aliphatic hydroxyl groups is 5. The van der Waals surface area contributed by atoms with Gasteiger partial charge in [-0.25, -0.2) is 4.79 Å². The van der Waals surface area contributed by atoms with Crippen LogP contribution in [0.3, 0.4) is 0 Å². The number of carbonyl (C=O) groups is 9. The highest BCUT2D eigenvalue weighted by molar-refractivity contribution is 6.32. The largest absolute Gasteiger partial charge is 0.508 e. The van der Waals surface area contributed by atoms with Gasteiger partial charge in [-0.3, -0.25) is 43.7 Å². The number of ketones is 3. The van der Waals surface area contributed by atoms with Gasteiger partial charge in [0.05, 0.1) is 35.1 Å². The monoisotopic (exact) mass is 1670 g/mol. The molecule has 17 N–H and O–H groups in total. The Morgan fingerprint density at radius 3 is 1.93 bits per heavy atom. The average molecular weight is 1670 g/mol. The van der Waals surface area contributed by atoms with Gasteiger partial charge in [0, 0.05) is 67.6 Å². The van der Waals surface area contributed by atoms with Gasteiger partial charge in [0.2, 0.25) is 41.6 Å². The van der Waals surface area contributed by atoms with Crippen LogP contribution >= 0.6 is 23.2 Å². The van der Waals surface area contributed by atoms with Crippen LogP contribution in [0.25, 0.3) is 11.1 Å². The predicted octanol–water partition coefficient (Wildman–Crippen LogP) is 7.67. The average Bonchev–Trinajstić information content (AvgIpc) is 0.770. The number of ether oxygens (including phenoxy) is 6. The van der Waals surface area contributed by atoms with Crippen LogP contribution in [0.4, 0.5) is 10.5 Å². The molecule has 4 saturated carbocycles. The van der Waals surface area contributed by atoms with Crippen molar-refractivity contribution in [1.29, 1.82) is 0 Å². The Labute approximate surface area is 689 Å². The molecule has 0 radical (unpaired) electrons. The molecule has 4 aliphatic carbocycles. The highest BCUT2D eigenvalue weighted by Gasteiger charge is 2.51. The maximum Gasteiger partial charge on any atom is 0.325 e. The van der Waals surface area contributed by atoms with E-state index >= 15 is 28.8 Å². The lowest BCUT2D eigenvalue weighted by Crippen LogP contribution is -2.60. The van der Waals surface area contributed by atoms with Crippen LogP contribution in [0, 0.1) is 47.3 Å². The molecular formula is C85H98Cl2N8O23. The van der Waals surface area contributed by atoms with Gasteiger partial charge >= 0.3 is 6.03 Å². The molecule has 0 aromatic heterocycles. The molecule has 6 aliphatic heterocycles. The summed E-state index contributed by atoms with van der Waals surface area (Å²) in [6, 6.07) is 12.1. The highest BCUT2D eigenvalue weighted by Crippen LogP contribution is 2.58. The summed E-state index contributed by atoms with van der Waals surface area (Å²) in [7, 11) is 1.79. The Bertz CT molecular complexity index is 4770. The zero-order valence-electron chi connectivity index (χ0n) is 65.2. The number of anilines is 1. The number of Topliss-reactive ketones (excluding diaryl/α,β-unsaturated/α-hetero) is 3. The van der Waals surface area contributed by atoms with E-state index in [0.29, 0.717) is 37.2 Å². The molecule has 5 fully saturated rings. The van der Waals surface area contributed by atoms with Gasteiger partial charge in [-0.2, -0.15) is 0 Å². The van der Waals surface area contributed by atoms with Gasteiger partial charge < -0.3 is 107 Å². The number of aliphatic hydroxyl groups excluding tert-OH is 5. The molecule has 118 heavy (non-hydrogen) atoms. The van der Waals surface area contributed by atoms with E-state index in [1.54, 1.807) is 26.1 Å². The van der Waals surface area contributed by atoms with Crippen LogP contribution in [-0.2, 0) is 47.8 Å². The molecule has 7 amide bonds. The van der Waals surface area contributed by atoms with Crippen molar-refractivity contribution in [3.63, 3.8) is 0 Å². The first-order chi connectivity index (χ1) is 56.4. The van der Waals surface area contributed by atoms with Crippen molar-refractivity contribution in [2.75, 3.05) is 45.3 Å². The van der Waals surface area contributed by atoms with Crippen LogP contribution in [0.1, 0.15) is 149 Å². The van der Waals surface area contributed by atoms with Gasteiger partial charge in [-0.15, -0.1) is 0 Å². The van der Waals surface area contributed by atoms with Gasteiger partial charge in [-0.1, -0.05) is 62.2 Å². The number of rotatable bonds is 21. The molecule has 33 heteroatoms. The smallest absolute Gasteiger partial charge is 0.325 e. The van der Waals surface area contributed by atoms with Crippen molar-refractivity contribution in [1.82, 2.24) is 31.9 Å². The quantitative estimate of drug-likeness (QED) is 0.0307. The third kappa shape index (κ3) is 19.1. The number of urea groups is 1. The number of hydrogen-bond donors (Lipinski definition) is 16. The van der Waals surface area contributed by atoms with Gasteiger partial charge in [0.15, 0.2) is 28.8 Å². The number of hydrogen-bond acceptors (Lipinski definition) is 25. The molecule has 630 valence electrons. The first-order valence-electron chi connectivity index (χ1n) is 39.7. The summed E-state index contributed by atoms with van der Waals surface area (Å²) >= 11 is 14.3. The first-order valence-corrected chi connectivity index (χ1v) is 40.5. The van der Waals surface area contributed by atoms with Crippen molar-refractivity contribution in [3.8, 4) is 62.9 Å². The summed E-state index contributed by atoms with van der Waals surface area (Å²) in [6.45, 7) is 6.63. The van der Waals surface area contributed by atoms with E-state index in [1.807, 2.05) is 13.8 Å². The van der Waals surface area contributed by atoms with Crippen LogP contribution in [0.2, 0.25) is 10.0 Å². The van der Waals surface area contributed by atoms with Gasteiger partial charge in [-0.05, 0) is 194 Å². The molecular weight excluding hydrogens is 1570 g/mol. The number of imide groups is 1. The third-order valence-corrected chi connectivity index (χ3v) is 24.2. The fourth-order valence-electron chi connectivity index (χ4n) is 17.7. The van der Waals surface area contributed by atoms with Gasteiger partial charge in [0.1, 0.15) is 102 Å². The third-order valence-electron chi connectivity index (χ3n) is 23.6. The molecule has 15 bridgehead atoms. The van der Waals surface area contributed by atoms with E-state index in [2.05, 4.69) is 37.2 Å². The Morgan fingerprint density at radius 2 is 1.31 bits per heavy atom. The minimum atomic E-state index is -2.22. The van der Waals surface area contributed by atoms with E-state index in [0.717, 1.165) is 62.4 Å². The zero-order chi connectivity index (χ0) is 84.2. The summed E-state index contributed by atoms with van der Waals surface area (Å²) in [4.78, 5) is 138. The number of halogens is 2. The van der Waals surface area contributed by atoms with Gasteiger partial charge in [0.25, 0.3) is 0 Å². The van der Waals surface area contributed by atoms with E-state index in [-0.39, 0.29) is 116 Å². The minimum absolute atomic E-state index is 0.0405. The number of phenols is 3. The number of nitrogens with one attached hydrogen (secondary N) is 7. The number of aromatic hydroxyl groups is 3. The maximum absolute atomic E-state index is 16.6. The predicted molar refractivity (Wildman–Crippen MR) is 426 cm³/mol. The Morgan fingerprint density at radius 1 is 0.653 bits per heavy atom. The zero-order valence-corrected chi connectivity index (χ0v) is 66.7. The topological polar surface area (TPSA) is 481 Å². The standard InChI is InChI=1S/C85H98Cl2N8O23/c1-5-41(20-38(2)3)80(108)94-72-60(99)29-48(32-68(102)91-85(112)90-49-9-11-51(12-10-49)114-19-18-113-17-16-89-4)81(109)92-70-47-30-65(115-63-14-7-43(74(72)103)27-56(63)86)79(118-84-78(107)77(106)76(105)67(37-88)117-84)66(31-47)116-64-15-8-44(28-57(64)87)75(104)73-83(111)93-71(62(101)35-52-45-22-39-21-40(24-45)25-46(52)23-39)55-33-50(96)34-59(98)69(55)54-26-42(6-13-58(54)97)53(36-61(70)100)82(110)95-73/h6-15,26-28,30-31,33-34,38-41,45-46,48,52-53,67,70-78,84,89,96-98,103-107H,5,16-25,29,32,35-37,88H2,1-4H3,(H,92,109)(H,93,111)(H,94,108)(H,95,110)(H2,90,91,102,112)/t39?,40?,41-,45?,46?,48+,52?,53-,67-,70-,71+,72+,73+,74-,75-,76-,77+,78-,84+/m1/s1. The molecule has 6 heterocycles. The first kappa shape index (κ1) is 85.8. The van der Waals surface area contributed by atoms with Crippen LogP contribution in [0.15, 0.2) is 103 Å². The summed E-state index contributed by atoms with van der Waals surface area (Å²) in [5.74, 6) is -15.5. The lowest BCUT2D eigenvalue weighted by atomic mass is 9.51. The molecule has 1 saturated heterocycles. The van der Waals surface area contributed by atoms with Crippen molar-refractivity contribution in [2.24, 2.45) is 53.1 Å². The molecule has 14 atom stereocenters. The van der Waals surface area contributed by atoms with E-state index < -0.39 is 198 Å². The number of phenolic OH excluding ortho intramolecular Hbond substituents is 3. The lowest BCUT2D eigenvalue weighted by Gasteiger charge is -2.54. The highest BCUT2D eigenvalue weighted by atomic mass is 35.5. The normalized spacial score (nSPS) is 27.6. The maximum atomic E-state index is 16.6. The molecule has 6 aromatic rings. The van der Waals surface area contributed by atoms with Crippen molar-refractivity contribution < 1.29 is 112 Å². The number of carbonyl (C=O) groups excluding carboxylic acids is 9. The molecule has 31 nitrogen and oxygen atoms in total. The van der Waals surface area contributed by atoms with Crippen LogP contribution < -0.4 is 61.9 Å². The van der Waals surface area contributed by atoms with Crippen molar-refractivity contribution in [2.45, 2.75) is 164 Å². The van der Waals surface area contributed by atoms with Crippen molar-refractivity contribution >= 4 is 81.8 Å². The van der Waals surface area contributed by atoms with Crippen molar-refractivity contribution in [3.05, 3.63) is 141 Å². The summed E-state index contributed by atoms with van der Waals surface area (Å²) in [5, 5.41) is 113. The Kier molecular flexibility index (Phi) is 27.0. The summed E-state index contributed by atoms with van der Waals surface area (Å²) in [6.07, 6.45) is -11.3. The van der Waals surface area contributed by atoms with Crippen LogP contribution in [-0.4, -0.2) is 177 Å². The second-order valence-electron chi connectivity index (χ2n) is 32.1. The van der Waals surface area contributed by atoms with E-state index in [4.69, 9.17) is 57.4 Å². The van der Waals surface area contributed by atoms with E-state index in [1.165, 1.54) is 60.7 Å². The van der Waals surface area contributed by atoms with Crippen LogP contribution in [0.5, 0.6) is 51.7 Å².